The topological polar surface area (TPSA) is 94.0 Å². The van der Waals surface area contributed by atoms with Crippen molar-refractivity contribution < 1.29 is 9.90 Å². The fourth-order valence-corrected chi connectivity index (χ4v) is 1.49. The molecule has 0 fully saturated rings. The summed E-state index contributed by atoms with van der Waals surface area (Å²) < 4.78 is 1.42. The van der Waals surface area contributed by atoms with E-state index in [1.54, 1.807) is 25.3 Å². The highest BCUT2D eigenvalue weighted by atomic mass is 16.3. The summed E-state index contributed by atoms with van der Waals surface area (Å²) in [5.74, 6) is -0.0687. The minimum atomic E-state index is -0.667. The Morgan fingerprint density at radius 2 is 2.35 bits per heavy atom. The fraction of sp³-hybridized carbons (Fsp3) is 0.182. The molecule has 17 heavy (non-hydrogen) atoms. The lowest BCUT2D eigenvalue weighted by Gasteiger charge is -2.09. The maximum Gasteiger partial charge on any atom is 0.251 e. The second-order valence-electron chi connectivity index (χ2n) is 3.63. The van der Waals surface area contributed by atoms with E-state index < -0.39 is 12.0 Å². The van der Waals surface area contributed by atoms with Crippen LogP contribution in [0.5, 0.6) is 0 Å². The molecule has 2 aromatic heterocycles. The van der Waals surface area contributed by atoms with Gasteiger partial charge >= 0.3 is 0 Å². The maximum absolute atomic E-state index is 11.0. The number of nitrogens with zero attached hydrogens (tertiary/aromatic N) is 3. The van der Waals surface area contributed by atoms with E-state index in [1.165, 1.54) is 17.1 Å². The molecule has 3 N–H and O–H groups in total. The van der Waals surface area contributed by atoms with Gasteiger partial charge in [0.1, 0.15) is 0 Å². The number of hydrogen-bond donors (Lipinski definition) is 2. The first-order valence-corrected chi connectivity index (χ1v) is 5.07. The van der Waals surface area contributed by atoms with Crippen molar-refractivity contribution in [2.45, 2.75) is 13.0 Å². The van der Waals surface area contributed by atoms with Crippen molar-refractivity contribution in [3.63, 3.8) is 0 Å². The highest BCUT2D eigenvalue weighted by Crippen LogP contribution is 2.18. The average Bonchev–Trinajstić information content (AvgIpc) is 2.78. The van der Waals surface area contributed by atoms with E-state index in [0.717, 1.165) is 0 Å². The number of aliphatic hydroxyl groups excluding tert-OH is 1. The van der Waals surface area contributed by atoms with Gasteiger partial charge in [-0.3, -0.25) is 4.79 Å². The van der Waals surface area contributed by atoms with Gasteiger partial charge in [-0.2, -0.15) is 5.10 Å². The summed E-state index contributed by atoms with van der Waals surface area (Å²) in [4.78, 5) is 15.1. The predicted molar refractivity (Wildman–Crippen MR) is 60.5 cm³/mol. The van der Waals surface area contributed by atoms with Crippen LogP contribution >= 0.6 is 0 Å². The van der Waals surface area contributed by atoms with Crippen LogP contribution in [-0.2, 0) is 0 Å². The van der Waals surface area contributed by atoms with Crippen molar-refractivity contribution >= 4 is 5.91 Å². The van der Waals surface area contributed by atoms with Crippen LogP contribution in [0.1, 0.15) is 28.9 Å². The molecule has 2 heterocycles. The zero-order valence-electron chi connectivity index (χ0n) is 9.24. The molecule has 88 valence electrons. The SMILES string of the molecule is C[C@H](O)c1cccnc1-n1cc(C(N)=O)cn1. The van der Waals surface area contributed by atoms with Gasteiger partial charge in [0.25, 0.3) is 5.91 Å². The Balaban J connectivity index is 2.48. The monoisotopic (exact) mass is 232 g/mol. The standard InChI is InChI=1S/C11H12N4O2/c1-7(16)9-3-2-4-13-11(9)15-6-8(5-14-15)10(12)17/h2-7,16H,1H3,(H2,12,17)/t7-/m0/s1. The van der Waals surface area contributed by atoms with Crippen molar-refractivity contribution in [3.8, 4) is 5.82 Å². The van der Waals surface area contributed by atoms with Gasteiger partial charge in [0, 0.05) is 18.0 Å². The van der Waals surface area contributed by atoms with Crippen molar-refractivity contribution in [3.05, 3.63) is 41.9 Å². The van der Waals surface area contributed by atoms with Crippen LogP contribution in [0.25, 0.3) is 5.82 Å². The van der Waals surface area contributed by atoms with Gasteiger partial charge in [-0.25, -0.2) is 9.67 Å². The van der Waals surface area contributed by atoms with Crippen LogP contribution in [0.4, 0.5) is 0 Å². The highest BCUT2D eigenvalue weighted by molar-refractivity contribution is 5.92. The van der Waals surface area contributed by atoms with E-state index in [9.17, 15) is 9.90 Å². The summed E-state index contributed by atoms with van der Waals surface area (Å²) in [6.45, 7) is 1.64. The van der Waals surface area contributed by atoms with Crippen molar-refractivity contribution in [1.82, 2.24) is 14.8 Å². The molecule has 0 bridgehead atoms. The summed E-state index contributed by atoms with van der Waals surface area (Å²) in [6.07, 6.45) is 3.77. The summed E-state index contributed by atoms with van der Waals surface area (Å²) in [5.41, 5.74) is 6.07. The quantitative estimate of drug-likeness (QED) is 0.801. The first-order chi connectivity index (χ1) is 8.09. The zero-order valence-corrected chi connectivity index (χ0v) is 9.24. The second kappa shape index (κ2) is 4.34. The minimum absolute atomic E-state index is 0.298. The number of nitrogens with two attached hydrogens (primary N) is 1. The van der Waals surface area contributed by atoms with E-state index in [-0.39, 0.29) is 0 Å². The smallest absolute Gasteiger partial charge is 0.251 e. The van der Waals surface area contributed by atoms with Crippen LogP contribution in [0.15, 0.2) is 30.7 Å². The van der Waals surface area contributed by atoms with E-state index in [0.29, 0.717) is 16.9 Å². The second-order valence-corrected chi connectivity index (χ2v) is 3.63. The molecule has 0 saturated carbocycles. The molecule has 0 saturated heterocycles. The minimum Gasteiger partial charge on any atom is -0.389 e. The zero-order chi connectivity index (χ0) is 12.4. The molecule has 0 unspecified atom stereocenters. The van der Waals surface area contributed by atoms with Crippen molar-refractivity contribution in [2.24, 2.45) is 5.73 Å². The third-order valence-corrected chi connectivity index (χ3v) is 2.35. The third kappa shape index (κ3) is 2.16. The molecule has 1 amide bonds. The van der Waals surface area contributed by atoms with Gasteiger partial charge in [-0.1, -0.05) is 6.07 Å². The fourth-order valence-electron chi connectivity index (χ4n) is 1.49. The van der Waals surface area contributed by atoms with Gasteiger partial charge in [-0.15, -0.1) is 0 Å². The van der Waals surface area contributed by atoms with Gasteiger partial charge in [-0.05, 0) is 13.0 Å². The predicted octanol–water partition coefficient (Wildman–Crippen LogP) is 0.420. The Morgan fingerprint density at radius 3 is 2.94 bits per heavy atom. The van der Waals surface area contributed by atoms with Gasteiger partial charge in [0.2, 0.25) is 0 Å². The molecule has 0 aliphatic carbocycles. The van der Waals surface area contributed by atoms with Crippen LogP contribution < -0.4 is 5.73 Å². The molecular formula is C11H12N4O2. The lowest BCUT2D eigenvalue weighted by atomic mass is 10.1. The third-order valence-electron chi connectivity index (χ3n) is 2.35. The largest absolute Gasteiger partial charge is 0.389 e. The molecule has 0 aliphatic heterocycles. The lowest BCUT2D eigenvalue weighted by molar-refractivity contribution is 0.100. The van der Waals surface area contributed by atoms with Gasteiger partial charge in [0.05, 0.1) is 17.9 Å². The first kappa shape index (κ1) is 11.3. The molecule has 6 nitrogen and oxygen atoms in total. The average molecular weight is 232 g/mol. The Morgan fingerprint density at radius 1 is 1.59 bits per heavy atom. The number of pyridine rings is 1. The number of hydrogen-bond acceptors (Lipinski definition) is 4. The Labute approximate surface area is 97.7 Å². The summed E-state index contributed by atoms with van der Waals surface area (Å²) >= 11 is 0. The number of carbonyl (C=O) groups excluding carboxylic acids is 1. The lowest BCUT2D eigenvalue weighted by Crippen LogP contribution is -2.10. The number of rotatable bonds is 3. The molecule has 0 spiro atoms. The van der Waals surface area contributed by atoms with Crippen LogP contribution in [-0.4, -0.2) is 25.8 Å². The van der Waals surface area contributed by atoms with Crippen LogP contribution in [0.3, 0.4) is 0 Å². The Kier molecular flexibility index (Phi) is 2.88. The van der Waals surface area contributed by atoms with E-state index >= 15 is 0 Å². The first-order valence-electron chi connectivity index (χ1n) is 5.07. The Bertz CT molecular complexity index is 548. The molecule has 2 aromatic rings. The molecule has 2 rings (SSSR count). The van der Waals surface area contributed by atoms with Crippen molar-refractivity contribution in [2.75, 3.05) is 0 Å². The molecule has 1 atom stereocenters. The van der Waals surface area contributed by atoms with Crippen molar-refractivity contribution in [1.29, 1.82) is 0 Å². The maximum atomic E-state index is 11.0. The van der Waals surface area contributed by atoms with E-state index in [4.69, 9.17) is 5.73 Å². The van der Waals surface area contributed by atoms with E-state index in [2.05, 4.69) is 10.1 Å². The molecule has 6 heteroatoms. The highest BCUT2D eigenvalue weighted by Gasteiger charge is 2.12. The molecule has 0 aliphatic rings. The summed E-state index contributed by atoms with van der Waals surface area (Å²) in [7, 11) is 0. The Hall–Kier alpha value is -2.21. The number of primary amides is 1. The summed E-state index contributed by atoms with van der Waals surface area (Å²) in [5, 5.41) is 13.6. The number of aromatic nitrogens is 3. The molecular weight excluding hydrogens is 220 g/mol. The van der Waals surface area contributed by atoms with Crippen LogP contribution in [0.2, 0.25) is 0 Å². The van der Waals surface area contributed by atoms with Gasteiger partial charge < -0.3 is 10.8 Å². The molecule has 0 aromatic carbocycles. The van der Waals surface area contributed by atoms with E-state index in [1.807, 2.05) is 0 Å². The van der Waals surface area contributed by atoms with Crippen LogP contribution in [0, 0.1) is 0 Å². The number of amides is 1. The number of carbonyl (C=O) groups is 1. The van der Waals surface area contributed by atoms with Gasteiger partial charge in [0.15, 0.2) is 5.82 Å². The molecule has 0 radical (unpaired) electrons. The number of aliphatic hydroxyl groups is 1. The summed E-state index contributed by atoms with van der Waals surface area (Å²) in [6, 6.07) is 3.47. The normalized spacial score (nSPS) is 12.4.